The fourth-order valence-electron chi connectivity index (χ4n) is 5.81. The van der Waals surface area contributed by atoms with Gasteiger partial charge in [-0.2, -0.15) is 0 Å². The maximum atomic E-state index is 14.2. The van der Waals surface area contributed by atoms with Crippen molar-refractivity contribution < 1.29 is 43.2 Å². The van der Waals surface area contributed by atoms with Crippen molar-refractivity contribution in [2.45, 2.75) is 70.3 Å². The number of benzene rings is 3. The van der Waals surface area contributed by atoms with E-state index in [1.54, 1.807) is 24.3 Å². The van der Waals surface area contributed by atoms with Crippen molar-refractivity contribution >= 4 is 35.3 Å². The molecule has 0 bridgehead atoms. The Morgan fingerprint density at radius 2 is 1.46 bits per heavy atom. The summed E-state index contributed by atoms with van der Waals surface area (Å²) in [6, 6.07) is 24.7. The number of alkyl halides is 1. The van der Waals surface area contributed by atoms with Crippen LogP contribution in [0.25, 0.3) is 22.4 Å². The molecule has 0 aliphatic rings. The lowest BCUT2D eigenvalue weighted by Crippen LogP contribution is -2.23. The van der Waals surface area contributed by atoms with Gasteiger partial charge in [-0.1, -0.05) is 74.0 Å². The number of amides is 1. The first kappa shape index (κ1) is 39.8. The minimum Gasteiger partial charge on any atom is -0.461 e. The van der Waals surface area contributed by atoms with E-state index < -0.39 is 35.7 Å². The molecule has 10 nitrogen and oxygen atoms in total. The van der Waals surface area contributed by atoms with Crippen molar-refractivity contribution in [3.63, 3.8) is 0 Å². The average molecular weight is 735 g/mol. The third kappa shape index (κ3) is 11.5. The number of ether oxygens (including phenoxy) is 3. The van der Waals surface area contributed by atoms with Crippen LogP contribution in [0.1, 0.15) is 62.0 Å². The van der Waals surface area contributed by atoms with Crippen LogP contribution in [0.2, 0.25) is 0 Å². The van der Waals surface area contributed by atoms with Gasteiger partial charge in [0.05, 0.1) is 29.9 Å². The molecule has 1 heterocycles. The summed E-state index contributed by atoms with van der Waals surface area (Å²) in [6.45, 7) is 5.47. The Labute approximate surface area is 307 Å². The van der Waals surface area contributed by atoms with Crippen molar-refractivity contribution in [1.82, 2.24) is 4.57 Å². The van der Waals surface area contributed by atoms with Crippen LogP contribution >= 0.6 is 11.6 Å². The number of aliphatic hydroxyl groups is 2. The Kier molecular flexibility index (Phi) is 15.0. The van der Waals surface area contributed by atoms with E-state index in [1.807, 2.05) is 66.9 Å². The Morgan fingerprint density at radius 3 is 2.08 bits per heavy atom. The van der Waals surface area contributed by atoms with Crippen LogP contribution in [-0.2, 0) is 25.5 Å². The normalized spacial score (nSPS) is 13.1. The average Bonchev–Trinajstić information content (AvgIpc) is 3.45. The molecule has 3 atom stereocenters. The van der Waals surface area contributed by atoms with E-state index in [0.717, 1.165) is 11.3 Å². The van der Waals surface area contributed by atoms with Crippen LogP contribution < -0.4 is 5.32 Å². The number of carbonyl (C=O) groups is 3. The van der Waals surface area contributed by atoms with Gasteiger partial charge in [0.15, 0.2) is 5.56 Å². The predicted octanol–water partition coefficient (Wildman–Crippen LogP) is 8.07. The van der Waals surface area contributed by atoms with Gasteiger partial charge < -0.3 is 34.3 Å². The van der Waals surface area contributed by atoms with Crippen molar-refractivity contribution in [3.8, 4) is 22.4 Å². The first-order chi connectivity index (χ1) is 24.9. The van der Waals surface area contributed by atoms with Gasteiger partial charge in [0.1, 0.15) is 19.0 Å². The molecule has 4 rings (SSSR count). The maximum absolute atomic E-state index is 14.2. The van der Waals surface area contributed by atoms with Gasteiger partial charge in [0.2, 0.25) is 0 Å². The third-order valence-electron chi connectivity index (χ3n) is 7.98. The first-order valence-corrected chi connectivity index (χ1v) is 17.5. The van der Waals surface area contributed by atoms with Gasteiger partial charge in [-0.3, -0.25) is 9.59 Å². The van der Waals surface area contributed by atoms with Crippen LogP contribution in [-0.4, -0.2) is 63.8 Å². The van der Waals surface area contributed by atoms with Gasteiger partial charge >= 0.3 is 12.1 Å². The lowest BCUT2D eigenvalue weighted by Gasteiger charge is -2.20. The molecular weight excluding hydrogens is 691 g/mol. The molecule has 1 aromatic heterocycles. The van der Waals surface area contributed by atoms with E-state index in [0.29, 0.717) is 28.1 Å². The van der Waals surface area contributed by atoms with E-state index in [4.69, 9.17) is 21.1 Å². The minimum absolute atomic E-state index is 0.100. The molecule has 3 unspecified atom stereocenters. The molecule has 0 fully saturated rings. The van der Waals surface area contributed by atoms with Crippen LogP contribution in [0.3, 0.4) is 0 Å². The number of anilines is 1. The quantitative estimate of drug-likeness (QED) is 0.0563. The molecule has 12 heteroatoms. The van der Waals surface area contributed by atoms with Crippen LogP contribution in [0.4, 0.5) is 14.9 Å². The smallest absolute Gasteiger partial charge is 0.461 e. The number of nitrogens with one attached hydrogen (secondary N) is 1. The molecule has 4 aromatic rings. The Balaban J connectivity index is 1.54. The number of hydrogen-bond acceptors (Lipinski definition) is 8. The number of esters is 1. The number of aromatic nitrogens is 1. The van der Waals surface area contributed by atoms with Crippen LogP contribution in [0, 0.1) is 5.82 Å². The summed E-state index contributed by atoms with van der Waals surface area (Å²) in [6.07, 6.45) is -0.462. The minimum atomic E-state index is -1.18. The number of hydrogen-bond donors (Lipinski definition) is 3. The maximum Gasteiger partial charge on any atom is 0.510 e. The summed E-state index contributed by atoms with van der Waals surface area (Å²) < 4.78 is 30.7. The number of nitrogens with zero attached hydrogens (tertiary/aromatic N) is 1. The van der Waals surface area contributed by atoms with Crippen molar-refractivity contribution in [3.05, 3.63) is 114 Å². The Hall–Kier alpha value is -4.97. The van der Waals surface area contributed by atoms with Crippen molar-refractivity contribution in [2.75, 3.05) is 18.5 Å². The highest BCUT2D eigenvalue weighted by molar-refractivity contribution is 6.19. The van der Waals surface area contributed by atoms with Crippen LogP contribution in [0.5, 0.6) is 0 Å². The van der Waals surface area contributed by atoms with Crippen LogP contribution in [0.15, 0.2) is 97.1 Å². The van der Waals surface area contributed by atoms with Gasteiger partial charge in [-0.25, -0.2) is 9.18 Å². The summed E-state index contributed by atoms with van der Waals surface area (Å²) >= 11 is 5.54. The van der Waals surface area contributed by atoms with Gasteiger partial charge in [0.25, 0.3) is 5.91 Å². The molecule has 0 saturated heterocycles. The second-order valence-corrected chi connectivity index (χ2v) is 13.0. The molecule has 0 spiro atoms. The van der Waals surface area contributed by atoms with Gasteiger partial charge in [-0.15, -0.1) is 0 Å². The highest BCUT2D eigenvalue weighted by Crippen LogP contribution is 2.42. The van der Waals surface area contributed by atoms with E-state index in [1.165, 1.54) is 31.2 Å². The number of rotatable bonds is 17. The number of halogens is 2. The highest BCUT2D eigenvalue weighted by atomic mass is 35.5. The zero-order valence-electron chi connectivity index (χ0n) is 29.3. The molecule has 3 aromatic carbocycles. The van der Waals surface area contributed by atoms with E-state index >= 15 is 0 Å². The largest absolute Gasteiger partial charge is 0.510 e. The van der Waals surface area contributed by atoms with Gasteiger partial charge in [0, 0.05) is 23.5 Å². The highest BCUT2D eigenvalue weighted by Gasteiger charge is 2.31. The summed E-state index contributed by atoms with van der Waals surface area (Å²) in [5.74, 6) is -1.53. The molecule has 0 aliphatic carbocycles. The fraction of sp³-hybridized carbons (Fsp3) is 0.325. The molecule has 0 aliphatic heterocycles. The van der Waals surface area contributed by atoms with E-state index in [2.05, 4.69) is 10.1 Å². The molecule has 0 radical (unpaired) electrons. The Bertz CT molecular complexity index is 1790. The number of carbonyl (C=O) groups excluding carboxylic acids is 3. The predicted molar refractivity (Wildman–Crippen MR) is 197 cm³/mol. The van der Waals surface area contributed by atoms with E-state index in [9.17, 15) is 29.0 Å². The summed E-state index contributed by atoms with van der Waals surface area (Å²) in [4.78, 5) is 37.8. The lowest BCUT2D eigenvalue weighted by atomic mass is 9.94. The molecule has 1 amide bonds. The van der Waals surface area contributed by atoms with E-state index in [-0.39, 0.29) is 50.8 Å². The zero-order chi connectivity index (χ0) is 37.6. The van der Waals surface area contributed by atoms with Crippen molar-refractivity contribution in [2.24, 2.45) is 0 Å². The summed E-state index contributed by atoms with van der Waals surface area (Å²) in [5, 5.41) is 24.7. The molecule has 276 valence electrons. The SMILES string of the molecule is CC(Cl)OC(=O)OC/C=C\COC(=O)CC(O)CC(O)CCn1c(-c2ccc(F)cc2)c(-c2ccccc2)c(C(=O)Nc2ccccc2)c1C(C)C. The Morgan fingerprint density at radius 1 is 0.846 bits per heavy atom. The fourth-order valence-corrected chi connectivity index (χ4v) is 5.89. The summed E-state index contributed by atoms with van der Waals surface area (Å²) in [7, 11) is 0. The monoisotopic (exact) mass is 734 g/mol. The summed E-state index contributed by atoms with van der Waals surface area (Å²) in [5.41, 5.74) is 3.83. The third-order valence-corrected chi connectivity index (χ3v) is 8.07. The standard InChI is InChI=1S/C40H44ClFN2O8/c1-26(2)37-36(39(48)43-31-14-8-5-9-15-31)35(28-12-6-4-7-13-28)38(29-16-18-30(42)19-17-29)44(37)21-20-32(45)24-33(46)25-34(47)50-22-10-11-23-51-40(49)52-27(3)41/h4-19,26-27,32-33,45-46H,20-25H2,1-3H3,(H,43,48)/b11-10-. The molecular formula is C40H44ClFN2O8. The van der Waals surface area contributed by atoms with Gasteiger partial charge in [-0.05, 0) is 85.4 Å². The number of para-hydroxylation sites is 1. The zero-order valence-corrected chi connectivity index (χ0v) is 30.1. The molecule has 52 heavy (non-hydrogen) atoms. The second-order valence-electron chi connectivity index (χ2n) is 12.4. The van der Waals surface area contributed by atoms with Crippen molar-refractivity contribution in [1.29, 1.82) is 0 Å². The molecule has 0 saturated carbocycles. The molecule has 3 N–H and O–H groups in total. The second kappa shape index (κ2) is 19.6. The first-order valence-electron chi connectivity index (χ1n) is 17.0. The lowest BCUT2D eigenvalue weighted by molar-refractivity contribution is -0.145. The topological polar surface area (TPSA) is 136 Å². The number of aliphatic hydroxyl groups excluding tert-OH is 2.